The van der Waals surface area contributed by atoms with Gasteiger partial charge in [0.25, 0.3) is 0 Å². The van der Waals surface area contributed by atoms with Crippen molar-refractivity contribution in [3.8, 4) is 11.8 Å². The smallest absolute Gasteiger partial charge is 0.222 e. The largest absolute Gasteiger partial charge is 0.368 e. The summed E-state index contributed by atoms with van der Waals surface area (Å²) in [5.41, 5.74) is 5.40. The molecule has 156 valence electrons. The number of rotatable bonds is 4. The van der Waals surface area contributed by atoms with Crippen molar-refractivity contribution in [2.45, 2.75) is 13.0 Å². The van der Waals surface area contributed by atoms with Crippen LogP contribution in [0.2, 0.25) is 0 Å². The second kappa shape index (κ2) is 7.56. The first-order valence-corrected chi connectivity index (χ1v) is 8.90. The number of nitriles is 1. The number of benzene rings is 2. The van der Waals surface area contributed by atoms with Crippen molar-refractivity contribution in [3.05, 3.63) is 71.2 Å². The summed E-state index contributed by atoms with van der Waals surface area (Å²) in [6, 6.07) is 5.48. The van der Waals surface area contributed by atoms with E-state index in [-0.39, 0.29) is 39.9 Å². The molecule has 0 saturated carbocycles. The van der Waals surface area contributed by atoms with Crippen LogP contribution in [0.5, 0.6) is 0 Å². The standard InChI is InChI=1S/C20H13F4N7/c1-9(28-18-10(7-25)8-27-20(26)30-18)19-29-17-15(24)5-13(23)6-16(17)31(19)14-3-11(21)2-12(22)4-14/h2-6,8-9H,1H3,(H3,26,27,28,30)/t9-/m1/s1. The Morgan fingerprint density at radius 2 is 1.71 bits per heavy atom. The second-order valence-corrected chi connectivity index (χ2v) is 6.66. The van der Waals surface area contributed by atoms with E-state index >= 15 is 0 Å². The Labute approximate surface area is 172 Å². The van der Waals surface area contributed by atoms with Gasteiger partial charge in [0, 0.05) is 18.2 Å². The third-order valence-electron chi connectivity index (χ3n) is 4.48. The third kappa shape index (κ3) is 3.71. The topological polar surface area (TPSA) is 105 Å². The van der Waals surface area contributed by atoms with Gasteiger partial charge in [0.15, 0.2) is 5.82 Å². The Hall–Kier alpha value is -4.20. The molecule has 0 unspecified atom stereocenters. The highest BCUT2D eigenvalue weighted by Crippen LogP contribution is 2.30. The van der Waals surface area contributed by atoms with Gasteiger partial charge >= 0.3 is 0 Å². The summed E-state index contributed by atoms with van der Waals surface area (Å²) >= 11 is 0. The molecule has 0 aliphatic carbocycles. The average Bonchev–Trinajstić information content (AvgIpc) is 3.07. The van der Waals surface area contributed by atoms with Crippen LogP contribution in [0.1, 0.15) is 24.4 Å². The van der Waals surface area contributed by atoms with Crippen molar-refractivity contribution in [1.82, 2.24) is 19.5 Å². The van der Waals surface area contributed by atoms with E-state index in [1.54, 1.807) is 6.92 Å². The van der Waals surface area contributed by atoms with Crippen LogP contribution >= 0.6 is 0 Å². The number of hydrogen-bond acceptors (Lipinski definition) is 6. The summed E-state index contributed by atoms with van der Waals surface area (Å²) in [7, 11) is 0. The van der Waals surface area contributed by atoms with Crippen molar-refractivity contribution in [2.75, 3.05) is 11.1 Å². The van der Waals surface area contributed by atoms with Crippen molar-refractivity contribution in [3.63, 3.8) is 0 Å². The molecule has 0 spiro atoms. The number of fused-ring (bicyclic) bond motifs is 1. The van der Waals surface area contributed by atoms with E-state index in [4.69, 9.17) is 5.73 Å². The number of nitrogen functional groups attached to an aromatic ring is 1. The van der Waals surface area contributed by atoms with Gasteiger partial charge in [-0.3, -0.25) is 4.57 Å². The molecule has 0 bridgehead atoms. The first-order chi connectivity index (χ1) is 14.8. The van der Waals surface area contributed by atoms with Gasteiger partial charge in [-0.25, -0.2) is 27.5 Å². The number of imidazole rings is 1. The highest BCUT2D eigenvalue weighted by Gasteiger charge is 2.23. The molecule has 2 heterocycles. The minimum atomic E-state index is -0.942. The SMILES string of the molecule is C[C@@H](Nc1nc(N)ncc1C#N)c1nc2c(F)cc(F)cc2n1-c1cc(F)cc(F)c1. The summed E-state index contributed by atoms with van der Waals surface area (Å²) in [6.45, 7) is 1.60. The minimum Gasteiger partial charge on any atom is -0.368 e. The molecular weight excluding hydrogens is 414 g/mol. The van der Waals surface area contributed by atoms with Crippen LogP contribution in [-0.4, -0.2) is 19.5 Å². The fraction of sp³-hybridized carbons (Fsp3) is 0.100. The minimum absolute atomic E-state index is 0.0311. The van der Waals surface area contributed by atoms with Crippen LogP contribution in [0.4, 0.5) is 29.3 Å². The van der Waals surface area contributed by atoms with Gasteiger partial charge in [0.05, 0.1) is 23.4 Å². The molecule has 0 radical (unpaired) electrons. The van der Waals surface area contributed by atoms with Gasteiger partial charge in [-0.15, -0.1) is 0 Å². The van der Waals surface area contributed by atoms with E-state index in [1.165, 1.54) is 10.8 Å². The Bertz CT molecular complexity index is 1340. The number of nitrogens with two attached hydrogens (primary N) is 1. The van der Waals surface area contributed by atoms with Crippen LogP contribution < -0.4 is 11.1 Å². The zero-order valence-electron chi connectivity index (χ0n) is 15.9. The predicted octanol–water partition coefficient (Wildman–Crippen LogP) is 4.00. The van der Waals surface area contributed by atoms with Crippen molar-refractivity contribution in [1.29, 1.82) is 5.26 Å². The summed E-state index contributed by atoms with van der Waals surface area (Å²) in [5, 5.41) is 12.2. The van der Waals surface area contributed by atoms with Crippen molar-refractivity contribution in [2.24, 2.45) is 0 Å². The molecule has 4 rings (SSSR count). The fourth-order valence-corrected chi connectivity index (χ4v) is 3.21. The molecule has 31 heavy (non-hydrogen) atoms. The lowest BCUT2D eigenvalue weighted by Gasteiger charge is -2.17. The van der Waals surface area contributed by atoms with Gasteiger partial charge < -0.3 is 11.1 Å². The molecule has 11 heteroatoms. The average molecular weight is 427 g/mol. The second-order valence-electron chi connectivity index (χ2n) is 6.66. The Balaban J connectivity index is 1.92. The van der Waals surface area contributed by atoms with Crippen LogP contribution in [0.3, 0.4) is 0 Å². The number of aromatic nitrogens is 4. The fourth-order valence-electron chi connectivity index (χ4n) is 3.21. The molecule has 7 nitrogen and oxygen atoms in total. The molecule has 3 N–H and O–H groups in total. The van der Waals surface area contributed by atoms with Crippen LogP contribution in [0, 0.1) is 34.6 Å². The summed E-state index contributed by atoms with van der Waals surface area (Å²) in [6.07, 6.45) is 1.22. The van der Waals surface area contributed by atoms with Gasteiger partial charge in [-0.1, -0.05) is 0 Å². The number of nitrogens with one attached hydrogen (secondary N) is 1. The monoisotopic (exact) mass is 427 g/mol. The molecule has 0 aliphatic rings. The van der Waals surface area contributed by atoms with Gasteiger partial charge in [-0.05, 0) is 19.1 Å². The van der Waals surface area contributed by atoms with Crippen LogP contribution in [0.15, 0.2) is 36.5 Å². The zero-order valence-corrected chi connectivity index (χ0v) is 15.9. The van der Waals surface area contributed by atoms with Crippen molar-refractivity contribution < 1.29 is 17.6 Å². The summed E-state index contributed by atoms with van der Waals surface area (Å²) in [4.78, 5) is 11.9. The van der Waals surface area contributed by atoms with Gasteiger partial charge in [0.2, 0.25) is 5.95 Å². The molecule has 2 aromatic heterocycles. The van der Waals surface area contributed by atoms with E-state index in [0.717, 1.165) is 18.2 Å². The quantitative estimate of drug-likeness (QED) is 0.477. The number of nitrogens with zero attached hydrogens (tertiary/aromatic N) is 5. The normalized spacial score (nSPS) is 12.0. The molecule has 0 amide bonds. The molecule has 1 atom stereocenters. The molecule has 4 aromatic rings. The number of hydrogen-bond donors (Lipinski definition) is 2. The lowest BCUT2D eigenvalue weighted by atomic mass is 10.2. The van der Waals surface area contributed by atoms with E-state index in [9.17, 15) is 22.8 Å². The lowest BCUT2D eigenvalue weighted by Crippen LogP contribution is -2.15. The molecule has 0 aliphatic heterocycles. The highest BCUT2D eigenvalue weighted by molar-refractivity contribution is 5.79. The maximum absolute atomic E-state index is 14.4. The Morgan fingerprint density at radius 3 is 2.39 bits per heavy atom. The molecular formula is C20H13F4N7. The number of anilines is 2. The van der Waals surface area contributed by atoms with Crippen LogP contribution in [-0.2, 0) is 0 Å². The maximum Gasteiger partial charge on any atom is 0.222 e. The molecule has 2 aromatic carbocycles. The summed E-state index contributed by atoms with van der Waals surface area (Å²) < 4.78 is 57.4. The highest BCUT2D eigenvalue weighted by atomic mass is 19.1. The van der Waals surface area contributed by atoms with Gasteiger partial charge in [0.1, 0.15) is 46.2 Å². The zero-order chi connectivity index (χ0) is 22.3. The van der Waals surface area contributed by atoms with E-state index in [2.05, 4.69) is 20.3 Å². The first kappa shape index (κ1) is 20.1. The summed E-state index contributed by atoms with van der Waals surface area (Å²) in [5.74, 6) is -3.51. The Morgan fingerprint density at radius 1 is 1.03 bits per heavy atom. The Kier molecular flexibility index (Phi) is 4.90. The first-order valence-electron chi connectivity index (χ1n) is 8.90. The van der Waals surface area contributed by atoms with Crippen LogP contribution in [0.25, 0.3) is 16.7 Å². The van der Waals surface area contributed by atoms with E-state index < -0.39 is 29.3 Å². The predicted molar refractivity (Wildman–Crippen MR) is 104 cm³/mol. The number of halogens is 4. The maximum atomic E-state index is 14.4. The lowest BCUT2D eigenvalue weighted by molar-refractivity contribution is 0.581. The van der Waals surface area contributed by atoms with Crippen molar-refractivity contribution >= 4 is 22.8 Å². The van der Waals surface area contributed by atoms with E-state index in [1.807, 2.05) is 6.07 Å². The van der Waals surface area contributed by atoms with Gasteiger partial charge in [-0.2, -0.15) is 10.2 Å². The molecule has 0 saturated heterocycles. The molecule has 0 fully saturated rings. The van der Waals surface area contributed by atoms with E-state index in [0.29, 0.717) is 12.1 Å². The third-order valence-corrected chi connectivity index (χ3v) is 4.48.